The van der Waals surface area contributed by atoms with Gasteiger partial charge in [0.05, 0.1) is 29.4 Å². The molecule has 0 aliphatic rings. The Kier molecular flexibility index (Phi) is 5.32. The lowest BCUT2D eigenvalue weighted by Crippen LogP contribution is -2.19. The zero-order valence-corrected chi connectivity index (χ0v) is 16.9. The number of hydrogen-bond donors (Lipinski definition) is 1. The maximum atomic E-state index is 12.9. The number of thioether (sulfide) groups is 1. The number of benzene rings is 2. The summed E-state index contributed by atoms with van der Waals surface area (Å²) in [6.45, 7) is 4.18. The van der Waals surface area contributed by atoms with Crippen molar-refractivity contribution in [1.82, 2.24) is 9.13 Å². The fourth-order valence-electron chi connectivity index (χ4n) is 3.00. The van der Waals surface area contributed by atoms with Crippen LogP contribution in [-0.4, -0.2) is 27.4 Å². The Labute approximate surface area is 162 Å². The number of aromatic nitrogens is 2. The van der Waals surface area contributed by atoms with Gasteiger partial charge in [-0.25, -0.2) is 4.79 Å². The molecule has 2 aromatic carbocycles. The van der Waals surface area contributed by atoms with Crippen molar-refractivity contribution in [2.45, 2.75) is 24.0 Å². The minimum atomic E-state index is -0.252. The topological polar surface area (TPSA) is 65.3 Å². The summed E-state index contributed by atoms with van der Waals surface area (Å²) in [7, 11) is 5.02. The quantitative estimate of drug-likeness (QED) is 0.681. The van der Waals surface area contributed by atoms with E-state index in [4.69, 9.17) is 4.74 Å². The van der Waals surface area contributed by atoms with Gasteiger partial charge in [-0.2, -0.15) is 0 Å². The summed E-state index contributed by atoms with van der Waals surface area (Å²) in [5, 5.41) is 3.31. The third kappa shape index (κ3) is 3.60. The van der Waals surface area contributed by atoms with E-state index < -0.39 is 0 Å². The van der Waals surface area contributed by atoms with Gasteiger partial charge in [-0.15, -0.1) is 11.8 Å². The van der Waals surface area contributed by atoms with E-state index in [2.05, 4.69) is 19.2 Å². The number of imidazole rings is 1. The average molecular weight is 385 g/mol. The summed E-state index contributed by atoms with van der Waals surface area (Å²) in [5.41, 5.74) is 2.64. The van der Waals surface area contributed by atoms with Gasteiger partial charge in [-0.1, -0.05) is 26.0 Å². The zero-order valence-electron chi connectivity index (χ0n) is 16.1. The molecule has 3 rings (SSSR count). The van der Waals surface area contributed by atoms with Crippen molar-refractivity contribution in [2.24, 2.45) is 14.1 Å². The van der Waals surface area contributed by atoms with Crippen molar-refractivity contribution in [3.05, 3.63) is 52.4 Å². The van der Waals surface area contributed by atoms with Crippen LogP contribution in [0.5, 0.6) is 5.75 Å². The predicted octanol–water partition coefficient (Wildman–Crippen LogP) is 3.64. The van der Waals surface area contributed by atoms with E-state index in [9.17, 15) is 9.59 Å². The molecule has 0 unspecified atom stereocenters. The van der Waals surface area contributed by atoms with E-state index in [0.29, 0.717) is 22.3 Å². The van der Waals surface area contributed by atoms with Crippen molar-refractivity contribution in [3.8, 4) is 5.75 Å². The van der Waals surface area contributed by atoms with Crippen LogP contribution in [0.3, 0.4) is 0 Å². The van der Waals surface area contributed by atoms with Gasteiger partial charge in [-0.05, 0) is 24.3 Å². The van der Waals surface area contributed by atoms with Crippen LogP contribution >= 0.6 is 11.8 Å². The lowest BCUT2D eigenvalue weighted by Gasteiger charge is -2.15. The molecular formula is C20H23N3O3S. The monoisotopic (exact) mass is 385 g/mol. The van der Waals surface area contributed by atoms with Crippen molar-refractivity contribution in [1.29, 1.82) is 0 Å². The normalized spacial score (nSPS) is 11.2. The summed E-state index contributed by atoms with van der Waals surface area (Å²) in [6, 6.07) is 10.9. The van der Waals surface area contributed by atoms with Gasteiger partial charge in [0.15, 0.2) is 0 Å². The highest BCUT2D eigenvalue weighted by molar-refractivity contribution is 8.00. The van der Waals surface area contributed by atoms with E-state index in [-0.39, 0.29) is 11.6 Å². The number of rotatable bonds is 5. The molecule has 0 atom stereocenters. The van der Waals surface area contributed by atoms with Gasteiger partial charge in [0.1, 0.15) is 5.75 Å². The highest BCUT2D eigenvalue weighted by atomic mass is 32.2. The third-order valence-corrected chi connectivity index (χ3v) is 5.40. The van der Waals surface area contributed by atoms with Gasteiger partial charge < -0.3 is 10.1 Å². The Balaban J connectivity index is 2.10. The van der Waals surface area contributed by atoms with Crippen molar-refractivity contribution >= 4 is 34.4 Å². The number of nitrogens with zero attached hydrogens (tertiary/aromatic N) is 2. The first-order valence-electron chi connectivity index (χ1n) is 8.64. The van der Waals surface area contributed by atoms with Crippen molar-refractivity contribution in [3.63, 3.8) is 0 Å². The molecule has 0 radical (unpaired) electrons. The molecule has 1 aromatic heterocycles. The summed E-state index contributed by atoms with van der Waals surface area (Å²) in [6.07, 6.45) is 0. The number of anilines is 1. The van der Waals surface area contributed by atoms with Crippen LogP contribution in [0.15, 0.2) is 46.1 Å². The predicted molar refractivity (Wildman–Crippen MR) is 110 cm³/mol. The summed E-state index contributed by atoms with van der Waals surface area (Å²) in [4.78, 5) is 26.0. The second-order valence-electron chi connectivity index (χ2n) is 6.56. The van der Waals surface area contributed by atoms with E-state index >= 15 is 0 Å². The zero-order chi connectivity index (χ0) is 19.7. The fourth-order valence-corrected chi connectivity index (χ4v) is 3.92. The first-order valence-corrected chi connectivity index (χ1v) is 9.52. The number of carbonyl (C=O) groups excluding carboxylic acids is 1. The minimum Gasteiger partial charge on any atom is -0.496 e. The number of carbonyl (C=O) groups is 1. The van der Waals surface area contributed by atoms with Crippen LogP contribution in [0.4, 0.5) is 5.69 Å². The number of hydrogen-bond acceptors (Lipinski definition) is 4. The lowest BCUT2D eigenvalue weighted by atomic mass is 10.1. The van der Waals surface area contributed by atoms with E-state index in [1.54, 1.807) is 53.2 Å². The standard InChI is InChI=1S/C20H23N3O3S/c1-12(2)27-18-11-16-15(22(3)20(25)23(16)4)10-14(18)21-19(24)13-8-6-7-9-17(13)26-5/h6-12H,1-5H3,(H,21,24). The molecule has 3 aromatic rings. The maximum Gasteiger partial charge on any atom is 0.328 e. The Morgan fingerprint density at radius 2 is 1.74 bits per heavy atom. The van der Waals surface area contributed by atoms with E-state index in [0.717, 1.165) is 15.9 Å². The molecule has 0 fully saturated rings. The van der Waals surface area contributed by atoms with Gasteiger partial charge in [-0.3, -0.25) is 13.9 Å². The van der Waals surface area contributed by atoms with E-state index in [1.807, 2.05) is 18.2 Å². The Bertz CT molecular complexity index is 1070. The van der Waals surface area contributed by atoms with Crippen LogP contribution in [-0.2, 0) is 14.1 Å². The molecule has 0 bridgehead atoms. The minimum absolute atomic E-state index is 0.0984. The molecule has 0 saturated carbocycles. The van der Waals surface area contributed by atoms with Gasteiger partial charge in [0.25, 0.3) is 5.91 Å². The van der Waals surface area contributed by atoms with Crippen molar-refractivity contribution in [2.75, 3.05) is 12.4 Å². The Morgan fingerprint density at radius 3 is 2.37 bits per heavy atom. The molecule has 27 heavy (non-hydrogen) atoms. The summed E-state index contributed by atoms with van der Waals surface area (Å²) >= 11 is 1.64. The summed E-state index contributed by atoms with van der Waals surface area (Å²) in [5.74, 6) is 0.264. The number of para-hydroxylation sites is 1. The van der Waals surface area contributed by atoms with Gasteiger partial charge in [0.2, 0.25) is 0 Å². The molecule has 0 aliphatic carbocycles. The highest BCUT2D eigenvalue weighted by Crippen LogP contribution is 2.34. The fraction of sp³-hybridized carbons (Fsp3) is 0.300. The molecule has 1 amide bonds. The molecular weight excluding hydrogens is 362 g/mol. The van der Waals surface area contributed by atoms with Crippen LogP contribution in [0.2, 0.25) is 0 Å². The first kappa shape index (κ1) is 19.1. The molecule has 0 saturated heterocycles. The van der Waals surface area contributed by atoms with Crippen molar-refractivity contribution < 1.29 is 9.53 Å². The van der Waals surface area contributed by atoms with Crippen LogP contribution < -0.4 is 15.7 Å². The third-order valence-electron chi connectivity index (χ3n) is 4.34. The number of methoxy groups -OCH3 is 1. The van der Waals surface area contributed by atoms with Crippen LogP contribution in [0, 0.1) is 0 Å². The number of ether oxygens (including phenoxy) is 1. The molecule has 6 nitrogen and oxygen atoms in total. The Hall–Kier alpha value is -2.67. The molecule has 142 valence electrons. The molecule has 0 aliphatic heterocycles. The number of aryl methyl sites for hydroxylation is 2. The van der Waals surface area contributed by atoms with Gasteiger partial charge in [0, 0.05) is 24.2 Å². The second kappa shape index (κ2) is 7.52. The average Bonchev–Trinajstić information content (AvgIpc) is 2.85. The number of amides is 1. The van der Waals surface area contributed by atoms with Gasteiger partial charge >= 0.3 is 5.69 Å². The molecule has 0 spiro atoms. The Morgan fingerprint density at radius 1 is 1.11 bits per heavy atom. The van der Waals surface area contributed by atoms with Crippen LogP contribution in [0.25, 0.3) is 11.0 Å². The highest BCUT2D eigenvalue weighted by Gasteiger charge is 2.18. The van der Waals surface area contributed by atoms with E-state index in [1.165, 1.54) is 7.11 Å². The lowest BCUT2D eigenvalue weighted by molar-refractivity contribution is 0.102. The number of nitrogens with one attached hydrogen (secondary N) is 1. The smallest absolute Gasteiger partial charge is 0.328 e. The van der Waals surface area contributed by atoms with Crippen LogP contribution in [0.1, 0.15) is 24.2 Å². The maximum absolute atomic E-state index is 12.9. The molecule has 1 N–H and O–H groups in total. The molecule has 1 heterocycles. The first-order chi connectivity index (χ1) is 12.8. The second-order valence-corrected chi connectivity index (χ2v) is 8.18. The number of fused-ring (bicyclic) bond motifs is 1. The molecule has 7 heteroatoms. The SMILES string of the molecule is COc1ccccc1C(=O)Nc1cc2c(cc1SC(C)C)n(C)c(=O)n2C. The summed E-state index contributed by atoms with van der Waals surface area (Å²) < 4.78 is 8.49. The largest absolute Gasteiger partial charge is 0.496 e.